The Morgan fingerprint density at radius 2 is 2.26 bits per heavy atom. The van der Waals surface area contributed by atoms with Gasteiger partial charge >= 0.3 is 0 Å². The van der Waals surface area contributed by atoms with Crippen molar-refractivity contribution in [1.29, 1.82) is 0 Å². The number of hydrogen-bond acceptors (Lipinski definition) is 6. The Labute approximate surface area is 117 Å². The molecule has 1 N–H and O–H groups in total. The zero-order chi connectivity index (χ0) is 13.2. The van der Waals surface area contributed by atoms with Crippen LogP contribution in [0, 0.1) is 0 Å². The Hall–Kier alpha value is -1.99. The van der Waals surface area contributed by atoms with E-state index in [0.717, 1.165) is 14.9 Å². The highest BCUT2D eigenvalue weighted by atomic mass is 35.5. The monoisotopic (exact) mass is 292 g/mol. The summed E-state index contributed by atoms with van der Waals surface area (Å²) in [6, 6.07) is 7.39. The first-order chi connectivity index (χ1) is 9.22. The highest BCUT2D eigenvalue weighted by Crippen LogP contribution is 2.22. The average Bonchev–Trinajstić information content (AvgIpc) is 3.03. The van der Waals surface area contributed by atoms with Gasteiger partial charge in [-0.2, -0.15) is 9.62 Å². The highest BCUT2D eigenvalue weighted by molar-refractivity contribution is 7.18. The lowest BCUT2D eigenvalue weighted by Crippen LogP contribution is -2.01. The predicted molar refractivity (Wildman–Crippen MR) is 75.9 cm³/mol. The summed E-state index contributed by atoms with van der Waals surface area (Å²) in [7, 11) is 0. The first-order valence-electron chi connectivity index (χ1n) is 5.45. The number of hydrogen-bond donors (Lipinski definition) is 1. The largest absolute Gasteiger partial charge is 0.260 e. The molecule has 0 aliphatic rings. The maximum atomic E-state index is 5.89. The summed E-state index contributed by atoms with van der Waals surface area (Å²) in [5, 5.41) is 16.2. The van der Waals surface area contributed by atoms with Crippen molar-refractivity contribution >= 4 is 40.1 Å². The van der Waals surface area contributed by atoms with E-state index in [2.05, 4.69) is 25.8 Å². The van der Waals surface area contributed by atoms with Crippen LogP contribution < -0.4 is 5.43 Å². The van der Waals surface area contributed by atoms with Gasteiger partial charge in [-0.3, -0.25) is 5.43 Å². The van der Waals surface area contributed by atoms with E-state index in [0.29, 0.717) is 11.5 Å². The van der Waals surface area contributed by atoms with Gasteiger partial charge in [-0.1, -0.05) is 11.6 Å². The molecule has 3 rings (SSSR count). The second-order valence-electron chi connectivity index (χ2n) is 3.77. The molecule has 96 valence electrons. The number of nitrogens with one attached hydrogen (secondary N) is 1. The van der Waals surface area contributed by atoms with E-state index in [1.165, 1.54) is 17.7 Å². The second-order valence-corrected chi connectivity index (χ2v) is 5.48. The van der Waals surface area contributed by atoms with Crippen molar-refractivity contribution in [3.63, 3.8) is 0 Å². The van der Waals surface area contributed by atoms with E-state index in [9.17, 15) is 0 Å². The number of hydrazone groups is 1. The summed E-state index contributed by atoms with van der Waals surface area (Å²) in [5.74, 6) is 0.620. The number of thiophene rings is 1. The summed E-state index contributed by atoms with van der Waals surface area (Å²) in [5.41, 5.74) is 4.44. The molecule has 0 saturated heterocycles. The lowest BCUT2D eigenvalue weighted by atomic mass is 10.3. The van der Waals surface area contributed by atoms with Gasteiger partial charge in [0.05, 0.1) is 14.9 Å². The van der Waals surface area contributed by atoms with E-state index in [1.807, 2.05) is 25.1 Å². The van der Waals surface area contributed by atoms with Gasteiger partial charge in [0.2, 0.25) is 0 Å². The van der Waals surface area contributed by atoms with Gasteiger partial charge in [0, 0.05) is 0 Å². The molecule has 0 spiro atoms. The fourth-order valence-electron chi connectivity index (χ4n) is 1.49. The Morgan fingerprint density at radius 3 is 3.05 bits per heavy atom. The Bertz CT molecular complexity index is 746. The molecule has 0 aliphatic carbocycles. The van der Waals surface area contributed by atoms with Crippen LogP contribution in [0.25, 0.3) is 5.65 Å². The molecular formula is C11H9ClN6S. The van der Waals surface area contributed by atoms with Crippen LogP contribution in [-0.4, -0.2) is 25.5 Å². The molecule has 0 bridgehead atoms. The van der Waals surface area contributed by atoms with Gasteiger partial charge in [-0.05, 0) is 31.2 Å². The van der Waals surface area contributed by atoms with Crippen molar-refractivity contribution < 1.29 is 0 Å². The molecule has 3 aromatic rings. The van der Waals surface area contributed by atoms with Gasteiger partial charge in [-0.25, -0.2) is 0 Å². The van der Waals surface area contributed by atoms with Crippen molar-refractivity contribution in [1.82, 2.24) is 19.8 Å². The van der Waals surface area contributed by atoms with Gasteiger partial charge in [0.1, 0.15) is 6.33 Å². The van der Waals surface area contributed by atoms with Gasteiger partial charge < -0.3 is 0 Å². The van der Waals surface area contributed by atoms with Crippen molar-refractivity contribution in [2.24, 2.45) is 5.10 Å². The van der Waals surface area contributed by atoms with E-state index in [4.69, 9.17) is 11.6 Å². The molecule has 3 heterocycles. The van der Waals surface area contributed by atoms with E-state index in [1.54, 1.807) is 10.6 Å². The molecule has 0 fully saturated rings. The minimum Gasteiger partial charge on any atom is -0.260 e. The SMILES string of the molecule is C/C(=N\Nc1ccc2nncn2n1)c1ccc(Cl)s1. The van der Waals surface area contributed by atoms with E-state index < -0.39 is 0 Å². The van der Waals surface area contributed by atoms with Crippen molar-refractivity contribution in [3.05, 3.63) is 39.8 Å². The van der Waals surface area contributed by atoms with Crippen LogP contribution in [0.1, 0.15) is 11.8 Å². The standard InChI is InChI=1S/C11H9ClN6S/c1-7(8-2-3-9(12)19-8)14-15-10-4-5-11-16-13-6-18(11)17-10/h2-6H,1H3,(H,15,17)/b14-7+. The summed E-state index contributed by atoms with van der Waals surface area (Å²) in [6.45, 7) is 1.91. The maximum Gasteiger partial charge on any atom is 0.177 e. The third kappa shape index (κ3) is 2.56. The summed E-state index contributed by atoms with van der Waals surface area (Å²) < 4.78 is 2.32. The summed E-state index contributed by atoms with van der Waals surface area (Å²) in [4.78, 5) is 1.02. The molecule has 0 aromatic carbocycles. The molecule has 0 atom stereocenters. The number of aromatic nitrogens is 4. The normalized spacial score (nSPS) is 12.0. The minimum atomic E-state index is 0.620. The predicted octanol–water partition coefficient (Wildman–Crippen LogP) is 2.68. The number of rotatable bonds is 3. The minimum absolute atomic E-state index is 0.620. The number of anilines is 1. The molecule has 0 aliphatic heterocycles. The van der Waals surface area contributed by atoms with Crippen LogP contribution in [0.2, 0.25) is 4.34 Å². The quantitative estimate of drug-likeness (QED) is 0.595. The molecule has 6 nitrogen and oxygen atoms in total. The third-order valence-electron chi connectivity index (χ3n) is 2.43. The van der Waals surface area contributed by atoms with Crippen LogP contribution in [0.4, 0.5) is 5.82 Å². The summed E-state index contributed by atoms with van der Waals surface area (Å²) in [6.07, 6.45) is 1.54. The lowest BCUT2D eigenvalue weighted by Gasteiger charge is -2.01. The Kier molecular flexibility index (Phi) is 3.14. The molecule has 3 aromatic heterocycles. The van der Waals surface area contributed by atoms with Gasteiger partial charge in [-0.15, -0.1) is 26.6 Å². The van der Waals surface area contributed by atoms with Gasteiger partial charge in [0.15, 0.2) is 11.5 Å². The Balaban J connectivity index is 1.80. The number of nitrogens with zero attached hydrogens (tertiary/aromatic N) is 5. The van der Waals surface area contributed by atoms with Crippen LogP contribution in [0.3, 0.4) is 0 Å². The van der Waals surface area contributed by atoms with E-state index >= 15 is 0 Å². The maximum absolute atomic E-state index is 5.89. The lowest BCUT2D eigenvalue weighted by molar-refractivity contribution is 0.924. The van der Waals surface area contributed by atoms with Crippen LogP contribution >= 0.6 is 22.9 Å². The Morgan fingerprint density at radius 1 is 1.37 bits per heavy atom. The molecule has 0 saturated carbocycles. The van der Waals surface area contributed by atoms with Crippen LogP contribution in [0.5, 0.6) is 0 Å². The molecular weight excluding hydrogens is 284 g/mol. The third-order valence-corrected chi connectivity index (χ3v) is 3.77. The number of halogens is 1. The topological polar surface area (TPSA) is 67.5 Å². The molecule has 8 heteroatoms. The van der Waals surface area contributed by atoms with Crippen molar-refractivity contribution in [2.75, 3.05) is 5.43 Å². The fourth-order valence-corrected chi connectivity index (χ4v) is 2.48. The highest BCUT2D eigenvalue weighted by Gasteiger charge is 2.02. The zero-order valence-corrected chi connectivity index (χ0v) is 11.5. The smallest absolute Gasteiger partial charge is 0.177 e. The number of fused-ring (bicyclic) bond motifs is 1. The van der Waals surface area contributed by atoms with Gasteiger partial charge in [0.25, 0.3) is 0 Å². The molecule has 0 amide bonds. The average molecular weight is 293 g/mol. The van der Waals surface area contributed by atoms with Crippen molar-refractivity contribution in [2.45, 2.75) is 6.92 Å². The van der Waals surface area contributed by atoms with Crippen LogP contribution in [-0.2, 0) is 0 Å². The van der Waals surface area contributed by atoms with Crippen molar-refractivity contribution in [3.8, 4) is 0 Å². The fraction of sp³-hybridized carbons (Fsp3) is 0.0909. The molecule has 0 unspecified atom stereocenters. The summed E-state index contributed by atoms with van der Waals surface area (Å²) >= 11 is 7.37. The second kappa shape index (κ2) is 4.94. The first kappa shape index (κ1) is 12.1. The van der Waals surface area contributed by atoms with Crippen LogP contribution in [0.15, 0.2) is 35.7 Å². The molecule has 19 heavy (non-hydrogen) atoms. The first-order valence-corrected chi connectivity index (χ1v) is 6.65. The van der Waals surface area contributed by atoms with E-state index in [-0.39, 0.29) is 0 Å². The molecule has 0 radical (unpaired) electrons. The zero-order valence-electron chi connectivity index (χ0n) is 9.91.